The highest BCUT2D eigenvalue weighted by Crippen LogP contribution is 2.27. The Morgan fingerprint density at radius 3 is 2.89 bits per heavy atom. The summed E-state index contributed by atoms with van der Waals surface area (Å²) in [7, 11) is 1.91. The van der Waals surface area contributed by atoms with Crippen molar-refractivity contribution in [3.05, 3.63) is 52.5 Å². The van der Waals surface area contributed by atoms with Gasteiger partial charge >= 0.3 is 0 Å². The van der Waals surface area contributed by atoms with E-state index in [2.05, 4.69) is 27.6 Å². The van der Waals surface area contributed by atoms with E-state index in [0.29, 0.717) is 10.9 Å². The molecular formula is C18H17N5OS3. The van der Waals surface area contributed by atoms with Gasteiger partial charge in [-0.05, 0) is 23.6 Å². The Morgan fingerprint density at radius 1 is 1.26 bits per heavy atom. The van der Waals surface area contributed by atoms with Crippen molar-refractivity contribution in [1.82, 2.24) is 14.8 Å². The number of hydrogen-bond acceptors (Lipinski definition) is 7. The maximum absolute atomic E-state index is 12.3. The third kappa shape index (κ3) is 5.35. The van der Waals surface area contributed by atoms with E-state index < -0.39 is 0 Å². The van der Waals surface area contributed by atoms with Crippen LogP contribution in [0.15, 0.2) is 51.8 Å². The predicted octanol–water partition coefficient (Wildman–Crippen LogP) is 3.81. The molecule has 1 aromatic carbocycles. The first-order chi connectivity index (χ1) is 13.2. The zero-order valence-electron chi connectivity index (χ0n) is 14.6. The molecule has 138 valence electrons. The third-order valence-corrected chi connectivity index (χ3v) is 6.46. The Bertz CT molecular complexity index is 946. The fourth-order valence-corrected chi connectivity index (χ4v) is 4.42. The number of amides is 1. The molecule has 0 saturated heterocycles. The van der Waals surface area contributed by atoms with Crippen LogP contribution in [0.1, 0.15) is 10.7 Å². The molecule has 0 aliphatic heterocycles. The summed E-state index contributed by atoms with van der Waals surface area (Å²) in [6.45, 7) is 0. The van der Waals surface area contributed by atoms with Crippen LogP contribution in [0.2, 0.25) is 0 Å². The topological polar surface area (TPSA) is 83.6 Å². The van der Waals surface area contributed by atoms with Crippen molar-refractivity contribution in [3.8, 4) is 6.07 Å². The monoisotopic (exact) mass is 415 g/mol. The molecular weight excluding hydrogens is 398 g/mol. The number of para-hydroxylation sites is 1. The fraction of sp³-hybridized carbons (Fsp3) is 0.222. The second-order valence-electron chi connectivity index (χ2n) is 5.49. The molecule has 0 unspecified atom stereocenters. The van der Waals surface area contributed by atoms with Crippen LogP contribution in [0, 0.1) is 11.3 Å². The molecule has 2 heterocycles. The quantitative estimate of drug-likeness (QED) is 0.563. The zero-order chi connectivity index (χ0) is 19.1. The minimum Gasteiger partial charge on any atom is -0.324 e. The summed E-state index contributed by atoms with van der Waals surface area (Å²) in [5, 5.41) is 22.8. The number of rotatable bonds is 8. The van der Waals surface area contributed by atoms with E-state index in [-0.39, 0.29) is 11.7 Å². The van der Waals surface area contributed by atoms with Gasteiger partial charge in [0.2, 0.25) is 5.91 Å². The van der Waals surface area contributed by atoms with Crippen LogP contribution in [-0.2, 0) is 18.3 Å². The van der Waals surface area contributed by atoms with Crippen LogP contribution < -0.4 is 5.32 Å². The number of nitrogens with one attached hydrogen (secondary N) is 1. The van der Waals surface area contributed by atoms with E-state index >= 15 is 0 Å². The summed E-state index contributed by atoms with van der Waals surface area (Å²) in [5.41, 5.74) is 0.722. The number of aromatic nitrogens is 3. The molecule has 1 N–H and O–H groups in total. The molecule has 0 bridgehead atoms. The Labute approximate surface area is 170 Å². The van der Waals surface area contributed by atoms with Gasteiger partial charge < -0.3 is 9.88 Å². The Balaban J connectivity index is 1.57. The van der Waals surface area contributed by atoms with Crippen molar-refractivity contribution in [2.45, 2.75) is 16.5 Å². The van der Waals surface area contributed by atoms with Crippen molar-refractivity contribution in [2.24, 2.45) is 7.05 Å². The molecule has 0 fully saturated rings. The van der Waals surface area contributed by atoms with E-state index in [9.17, 15) is 4.79 Å². The van der Waals surface area contributed by atoms with Gasteiger partial charge in [0.1, 0.15) is 5.82 Å². The Hall–Kier alpha value is -2.28. The number of carbonyl (C=O) groups excluding carboxylic acids is 1. The number of nitriles is 1. The number of carbonyl (C=O) groups is 1. The summed E-state index contributed by atoms with van der Waals surface area (Å²) in [4.78, 5) is 14.4. The lowest BCUT2D eigenvalue weighted by molar-refractivity contribution is -0.113. The van der Waals surface area contributed by atoms with Crippen molar-refractivity contribution in [1.29, 1.82) is 5.26 Å². The summed E-state index contributed by atoms with van der Waals surface area (Å²) in [6, 6.07) is 13.7. The highest BCUT2D eigenvalue weighted by Gasteiger charge is 2.13. The number of anilines is 1. The molecule has 9 heteroatoms. The lowest BCUT2D eigenvalue weighted by Crippen LogP contribution is -2.15. The number of benzene rings is 1. The first-order valence-electron chi connectivity index (χ1n) is 8.09. The minimum absolute atomic E-state index is 0.118. The van der Waals surface area contributed by atoms with E-state index in [1.807, 2.05) is 47.3 Å². The van der Waals surface area contributed by atoms with Crippen molar-refractivity contribution >= 4 is 46.5 Å². The molecule has 6 nitrogen and oxygen atoms in total. The second kappa shape index (κ2) is 9.60. The standard InChI is InChI=1S/C18H17N5OS3/c1-23-16(11-13-5-4-9-25-13)21-22-18(23)27-12-17(24)20-14-6-2-3-7-15(14)26-10-8-19/h2-7,9H,10-12H2,1H3,(H,20,24). The number of thioether (sulfide) groups is 2. The van der Waals surface area contributed by atoms with Crippen LogP contribution in [-0.4, -0.2) is 32.2 Å². The molecule has 0 saturated carbocycles. The van der Waals surface area contributed by atoms with Gasteiger partial charge in [0.25, 0.3) is 0 Å². The zero-order valence-corrected chi connectivity index (χ0v) is 17.0. The molecule has 27 heavy (non-hydrogen) atoms. The van der Waals surface area contributed by atoms with Gasteiger partial charge in [-0.15, -0.1) is 33.3 Å². The van der Waals surface area contributed by atoms with Gasteiger partial charge in [-0.2, -0.15) is 5.26 Å². The van der Waals surface area contributed by atoms with Gasteiger partial charge in [-0.3, -0.25) is 4.79 Å². The number of thiophene rings is 1. The van der Waals surface area contributed by atoms with Crippen molar-refractivity contribution < 1.29 is 4.79 Å². The maximum Gasteiger partial charge on any atom is 0.234 e. The molecule has 0 aliphatic rings. The molecule has 1 amide bonds. The van der Waals surface area contributed by atoms with Crippen molar-refractivity contribution in [2.75, 3.05) is 16.8 Å². The van der Waals surface area contributed by atoms with Crippen LogP contribution in [0.5, 0.6) is 0 Å². The summed E-state index contributed by atoms with van der Waals surface area (Å²) >= 11 is 4.44. The van der Waals surface area contributed by atoms with Crippen LogP contribution in [0.3, 0.4) is 0 Å². The lowest BCUT2D eigenvalue weighted by atomic mass is 10.3. The largest absolute Gasteiger partial charge is 0.324 e. The molecule has 0 spiro atoms. The van der Waals surface area contributed by atoms with Gasteiger partial charge in [-0.1, -0.05) is 30.0 Å². The highest BCUT2D eigenvalue weighted by atomic mass is 32.2. The normalized spacial score (nSPS) is 10.5. The third-order valence-electron chi connectivity index (χ3n) is 3.62. The first-order valence-corrected chi connectivity index (χ1v) is 10.9. The van der Waals surface area contributed by atoms with E-state index in [4.69, 9.17) is 5.26 Å². The SMILES string of the molecule is Cn1c(Cc2cccs2)nnc1SCC(=O)Nc1ccccc1SCC#N. The highest BCUT2D eigenvalue weighted by molar-refractivity contribution is 8.00. The van der Waals surface area contributed by atoms with Crippen molar-refractivity contribution in [3.63, 3.8) is 0 Å². The summed E-state index contributed by atoms with van der Waals surface area (Å²) in [5.74, 6) is 1.34. The first kappa shape index (κ1) is 19.5. The minimum atomic E-state index is -0.118. The van der Waals surface area contributed by atoms with Crippen LogP contribution in [0.4, 0.5) is 5.69 Å². The molecule has 0 aliphatic carbocycles. The maximum atomic E-state index is 12.3. The molecule has 0 atom stereocenters. The van der Waals surface area contributed by atoms with E-state index in [0.717, 1.165) is 22.8 Å². The van der Waals surface area contributed by atoms with E-state index in [1.54, 1.807) is 11.3 Å². The summed E-state index contributed by atoms with van der Waals surface area (Å²) in [6.07, 6.45) is 0.734. The number of nitrogens with zero attached hydrogens (tertiary/aromatic N) is 4. The van der Waals surface area contributed by atoms with Gasteiger partial charge in [0.05, 0.1) is 23.3 Å². The number of hydrogen-bond donors (Lipinski definition) is 1. The van der Waals surface area contributed by atoms with Crippen LogP contribution >= 0.6 is 34.9 Å². The predicted molar refractivity (Wildman–Crippen MR) is 110 cm³/mol. The molecule has 0 radical (unpaired) electrons. The smallest absolute Gasteiger partial charge is 0.234 e. The van der Waals surface area contributed by atoms with Crippen LogP contribution in [0.25, 0.3) is 0 Å². The lowest BCUT2D eigenvalue weighted by Gasteiger charge is -2.09. The Kier molecular flexibility index (Phi) is 6.92. The van der Waals surface area contributed by atoms with Gasteiger partial charge in [0.15, 0.2) is 5.16 Å². The molecule has 3 aromatic rings. The summed E-state index contributed by atoms with van der Waals surface area (Å²) < 4.78 is 1.92. The van der Waals surface area contributed by atoms with Gasteiger partial charge in [0, 0.05) is 23.2 Å². The van der Waals surface area contributed by atoms with E-state index in [1.165, 1.54) is 28.4 Å². The molecule has 2 aromatic heterocycles. The second-order valence-corrected chi connectivity index (χ2v) is 8.49. The average Bonchev–Trinajstić information content (AvgIpc) is 3.30. The Morgan fingerprint density at radius 2 is 2.11 bits per heavy atom. The fourth-order valence-electron chi connectivity index (χ4n) is 2.32. The average molecular weight is 416 g/mol. The molecule has 3 rings (SSSR count). The van der Waals surface area contributed by atoms with Gasteiger partial charge in [-0.25, -0.2) is 0 Å².